The van der Waals surface area contributed by atoms with Crippen molar-refractivity contribution in [2.45, 2.75) is 38.6 Å². The number of ether oxygens (including phenoxy) is 2. The number of rotatable bonds is 6. The summed E-state index contributed by atoms with van der Waals surface area (Å²) in [4.78, 5) is 0. The average Bonchev–Trinajstić information content (AvgIpc) is 2.25. The lowest BCUT2D eigenvalue weighted by Gasteiger charge is -2.27. The monoisotopic (exact) mass is 238 g/mol. The summed E-state index contributed by atoms with van der Waals surface area (Å²) in [5.41, 5.74) is 1.50. The minimum atomic E-state index is -0.829. The van der Waals surface area contributed by atoms with E-state index in [0.717, 1.165) is 5.56 Å². The maximum Gasteiger partial charge on any atom is 0.159 e. The van der Waals surface area contributed by atoms with Crippen LogP contribution < -0.4 is 0 Å². The molecular formula is C14H22O3. The molecule has 0 fully saturated rings. The molecule has 3 nitrogen and oxygen atoms in total. The molecule has 0 spiro atoms. The van der Waals surface area contributed by atoms with E-state index in [9.17, 15) is 5.11 Å². The number of aliphatic hydroxyl groups is 1. The average molecular weight is 238 g/mol. The van der Waals surface area contributed by atoms with Gasteiger partial charge >= 0.3 is 0 Å². The van der Waals surface area contributed by atoms with Crippen LogP contribution >= 0.6 is 0 Å². The second-order valence-corrected chi connectivity index (χ2v) is 4.77. The first-order valence-electron chi connectivity index (χ1n) is 5.80. The molecule has 0 bridgehead atoms. The highest BCUT2D eigenvalue weighted by Gasteiger charge is 2.25. The lowest BCUT2D eigenvalue weighted by atomic mass is 9.92. The highest BCUT2D eigenvalue weighted by molar-refractivity contribution is 5.23. The second kappa shape index (κ2) is 6.15. The summed E-state index contributed by atoms with van der Waals surface area (Å²) < 4.78 is 10.2. The lowest BCUT2D eigenvalue weighted by molar-refractivity contribution is -0.139. The van der Waals surface area contributed by atoms with Crippen LogP contribution in [0.4, 0.5) is 0 Å². The van der Waals surface area contributed by atoms with E-state index in [0.29, 0.717) is 12.8 Å². The van der Waals surface area contributed by atoms with E-state index in [-0.39, 0.29) is 6.29 Å². The largest absolute Gasteiger partial charge is 0.390 e. The van der Waals surface area contributed by atoms with E-state index in [4.69, 9.17) is 9.47 Å². The summed E-state index contributed by atoms with van der Waals surface area (Å²) >= 11 is 0. The van der Waals surface area contributed by atoms with E-state index in [1.54, 1.807) is 21.1 Å². The van der Waals surface area contributed by atoms with Crippen molar-refractivity contribution in [2.24, 2.45) is 0 Å². The van der Waals surface area contributed by atoms with Crippen LogP contribution in [0.5, 0.6) is 0 Å². The van der Waals surface area contributed by atoms with Crippen molar-refractivity contribution in [3.8, 4) is 0 Å². The fraction of sp³-hybridized carbons (Fsp3) is 0.571. The van der Waals surface area contributed by atoms with Crippen molar-refractivity contribution >= 4 is 0 Å². The maximum absolute atomic E-state index is 10.3. The zero-order valence-electron chi connectivity index (χ0n) is 11.1. The van der Waals surface area contributed by atoms with Crippen LogP contribution in [0.2, 0.25) is 0 Å². The Morgan fingerprint density at radius 2 is 1.94 bits per heavy atom. The van der Waals surface area contributed by atoms with E-state index in [1.165, 1.54) is 5.56 Å². The van der Waals surface area contributed by atoms with E-state index >= 15 is 0 Å². The Morgan fingerprint density at radius 1 is 1.29 bits per heavy atom. The molecule has 0 aliphatic rings. The Hall–Kier alpha value is -0.900. The van der Waals surface area contributed by atoms with Gasteiger partial charge in [0.15, 0.2) is 6.29 Å². The molecule has 0 amide bonds. The minimum absolute atomic E-state index is 0.366. The molecule has 0 aromatic heterocycles. The number of benzene rings is 1. The van der Waals surface area contributed by atoms with Crippen molar-refractivity contribution in [1.29, 1.82) is 0 Å². The fourth-order valence-electron chi connectivity index (χ4n) is 1.96. The minimum Gasteiger partial charge on any atom is -0.390 e. The first-order valence-corrected chi connectivity index (χ1v) is 5.80. The number of methoxy groups -OCH3 is 2. The van der Waals surface area contributed by atoms with E-state index < -0.39 is 5.60 Å². The van der Waals surface area contributed by atoms with Gasteiger partial charge in [-0.15, -0.1) is 0 Å². The molecule has 3 heteroatoms. The standard InChI is InChI=1S/C14H22O3/c1-11-6-5-7-12(8-11)9-14(2,15)10-13(16-3)17-4/h5-8,13,15H,9-10H2,1-4H3. The van der Waals surface area contributed by atoms with Gasteiger partial charge in [0.25, 0.3) is 0 Å². The van der Waals surface area contributed by atoms with Gasteiger partial charge in [-0.1, -0.05) is 29.8 Å². The van der Waals surface area contributed by atoms with Gasteiger partial charge < -0.3 is 14.6 Å². The highest BCUT2D eigenvalue weighted by Crippen LogP contribution is 2.20. The molecule has 17 heavy (non-hydrogen) atoms. The van der Waals surface area contributed by atoms with Gasteiger partial charge in [-0.05, 0) is 19.4 Å². The molecule has 96 valence electrons. The first-order chi connectivity index (χ1) is 7.96. The van der Waals surface area contributed by atoms with E-state index in [1.807, 2.05) is 25.1 Å². The predicted octanol–water partition coefficient (Wildman–Crippen LogP) is 2.30. The molecule has 0 radical (unpaired) electrons. The SMILES string of the molecule is COC(CC(C)(O)Cc1cccc(C)c1)OC. The van der Waals surface area contributed by atoms with Gasteiger partial charge in [-0.3, -0.25) is 0 Å². The van der Waals surface area contributed by atoms with Crippen LogP contribution in [0, 0.1) is 6.92 Å². The van der Waals surface area contributed by atoms with Crippen LogP contribution in [0.3, 0.4) is 0 Å². The topological polar surface area (TPSA) is 38.7 Å². The highest BCUT2D eigenvalue weighted by atomic mass is 16.7. The van der Waals surface area contributed by atoms with Crippen LogP contribution in [0.25, 0.3) is 0 Å². The first kappa shape index (κ1) is 14.2. The van der Waals surface area contributed by atoms with Crippen molar-refractivity contribution in [1.82, 2.24) is 0 Å². The van der Waals surface area contributed by atoms with Crippen molar-refractivity contribution in [3.63, 3.8) is 0 Å². The molecule has 1 atom stereocenters. The van der Waals surface area contributed by atoms with Gasteiger partial charge in [0, 0.05) is 27.1 Å². The van der Waals surface area contributed by atoms with Crippen LogP contribution in [-0.4, -0.2) is 31.2 Å². The quantitative estimate of drug-likeness (QED) is 0.773. The van der Waals surface area contributed by atoms with Crippen LogP contribution in [-0.2, 0) is 15.9 Å². The third-order valence-corrected chi connectivity index (χ3v) is 2.80. The molecule has 0 aliphatic heterocycles. The number of hydrogen-bond acceptors (Lipinski definition) is 3. The molecule has 1 aromatic carbocycles. The van der Waals surface area contributed by atoms with Crippen LogP contribution in [0.15, 0.2) is 24.3 Å². The van der Waals surface area contributed by atoms with Gasteiger partial charge in [0.2, 0.25) is 0 Å². The Balaban J connectivity index is 2.65. The van der Waals surface area contributed by atoms with Crippen molar-refractivity contribution in [3.05, 3.63) is 35.4 Å². The predicted molar refractivity (Wildman–Crippen MR) is 67.9 cm³/mol. The summed E-state index contributed by atoms with van der Waals surface area (Å²) in [7, 11) is 3.16. The molecule has 1 N–H and O–H groups in total. The Bertz CT molecular complexity index is 343. The third kappa shape index (κ3) is 4.86. The fourth-order valence-corrected chi connectivity index (χ4v) is 1.96. The summed E-state index contributed by atoms with van der Waals surface area (Å²) in [6.07, 6.45) is 0.682. The van der Waals surface area contributed by atoms with Crippen LogP contribution in [0.1, 0.15) is 24.5 Å². The smallest absolute Gasteiger partial charge is 0.159 e. The van der Waals surface area contributed by atoms with Gasteiger partial charge in [0.05, 0.1) is 5.60 Å². The summed E-state index contributed by atoms with van der Waals surface area (Å²) in [6.45, 7) is 3.85. The molecule has 0 saturated heterocycles. The Kier molecular flexibility index (Phi) is 5.12. The molecule has 1 rings (SSSR count). The number of aryl methyl sites for hydroxylation is 1. The van der Waals surface area contributed by atoms with Gasteiger partial charge in [-0.2, -0.15) is 0 Å². The third-order valence-electron chi connectivity index (χ3n) is 2.80. The van der Waals surface area contributed by atoms with Gasteiger partial charge in [0.1, 0.15) is 0 Å². The molecule has 0 aliphatic carbocycles. The zero-order chi connectivity index (χ0) is 12.9. The summed E-state index contributed by atoms with van der Waals surface area (Å²) in [5.74, 6) is 0. The van der Waals surface area contributed by atoms with Crippen molar-refractivity contribution < 1.29 is 14.6 Å². The number of hydrogen-bond donors (Lipinski definition) is 1. The second-order valence-electron chi connectivity index (χ2n) is 4.77. The zero-order valence-corrected chi connectivity index (χ0v) is 11.1. The maximum atomic E-state index is 10.3. The molecule has 0 heterocycles. The molecule has 0 saturated carbocycles. The summed E-state index contributed by atoms with van der Waals surface area (Å²) in [5, 5.41) is 10.3. The molecule has 1 unspecified atom stereocenters. The Morgan fingerprint density at radius 3 is 2.47 bits per heavy atom. The Labute approximate surface area is 103 Å². The summed E-state index contributed by atoms with van der Waals surface area (Å²) in [6, 6.07) is 8.16. The normalized spacial score (nSPS) is 14.9. The lowest BCUT2D eigenvalue weighted by Crippen LogP contribution is -2.34. The molecule has 1 aromatic rings. The van der Waals surface area contributed by atoms with Gasteiger partial charge in [-0.25, -0.2) is 0 Å². The molecular weight excluding hydrogens is 216 g/mol. The van der Waals surface area contributed by atoms with E-state index in [2.05, 4.69) is 6.07 Å². The van der Waals surface area contributed by atoms with Crippen molar-refractivity contribution in [2.75, 3.05) is 14.2 Å².